The minimum Gasteiger partial charge on any atom is -0.360 e. The second-order valence-electron chi connectivity index (χ2n) is 7.47. The first-order valence-electron chi connectivity index (χ1n) is 10.9. The summed E-state index contributed by atoms with van der Waals surface area (Å²) in [6.07, 6.45) is 8.07. The summed E-state index contributed by atoms with van der Waals surface area (Å²) in [5.41, 5.74) is 3.54. The lowest BCUT2D eigenvalue weighted by molar-refractivity contribution is -0.114. The highest BCUT2D eigenvalue weighted by atomic mass is 16.5. The molecule has 1 heterocycles. The smallest absolute Gasteiger partial charge is 0.269 e. The van der Waals surface area contributed by atoms with E-state index in [1.54, 1.807) is 26.2 Å². The number of carbonyl (C=O) groups is 2. The van der Waals surface area contributed by atoms with Crippen molar-refractivity contribution in [2.75, 3.05) is 37.9 Å². The lowest BCUT2D eigenvalue weighted by Crippen LogP contribution is -2.31. The van der Waals surface area contributed by atoms with E-state index >= 15 is 0 Å². The molecule has 0 aromatic heterocycles. The van der Waals surface area contributed by atoms with Gasteiger partial charge < -0.3 is 26.0 Å². The number of nitrogens with zero attached hydrogens (tertiary/aromatic N) is 1. The van der Waals surface area contributed by atoms with Crippen LogP contribution in [-0.4, -0.2) is 51.0 Å². The molecule has 1 saturated heterocycles. The number of nitrogens with one attached hydrogen (secondary N) is 4. The van der Waals surface area contributed by atoms with Gasteiger partial charge in [0.15, 0.2) is 0 Å². The van der Waals surface area contributed by atoms with Crippen molar-refractivity contribution in [1.82, 2.24) is 10.6 Å². The molecule has 172 valence electrons. The molecule has 1 aliphatic heterocycles. The second kappa shape index (κ2) is 11.7. The van der Waals surface area contributed by atoms with Crippen LogP contribution in [0.1, 0.15) is 35.2 Å². The van der Waals surface area contributed by atoms with Gasteiger partial charge in [-0.25, -0.2) is 0 Å². The van der Waals surface area contributed by atoms with Gasteiger partial charge in [-0.2, -0.15) is 0 Å². The summed E-state index contributed by atoms with van der Waals surface area (Å²) >= 11 is 0. The number of ether oxygens (including phenoxy) is 1. The lowest BCUT2D eigenvalue weighted by Gasteiger charge is -2.26. The van der Waals surface area contributed by atoms with Crippen molar-refractivity contribution in [2.24, 2.45) is 4.99 Å². The summed E-state index contributed by atoms with van der Waals surface area (Å²) in [6, 6.07) is 12.7. The van der Waals surface area contributed by atoms with Crippen LogP contribution in [0.4, 0.5) is 17.1 Å². The van der Waals surface area contributed by atoms with Crippen LogP contribution in [0.25, 0.3) is 0 Å². The third-order valence-corrected chi connectivity index (χ3v) is 5.24. The van der Waals surface area contributed by atoms with Crippen molar-refractivity contribution in [2.45, 2.75) is 25.5 Å². The minimum absolute atomic E-state index is 0.149. The lowest BCUT2D eigenvalue weighted by atomic mass is 10.0. The van der Waals surface area contributed by atoms with Crippen LogP contribution in [0.3, 0.4) is 0 Å². The van der Waals surface area contributed by atoms with E-state index in [1.165, 1.54) is 0 Å². The van der Waals surface area contributed by atoms with Crippen LogP contribution < -0.4 is 21.3 Å². The van der Waals surface area contributed by atoms with Crippen LogP contribution >= 0.6 is 0 Å². The Bertz CT molecular complexity index is 1070. The van der Waals surface area contributed by atoms with Crippen molar-refractivity contribution in [3.8, 4) is 12.3 Å². The summed E-state index contributed by atoms with van der Waals surface area (Å²) in [5, 5.41) is 12.0. The van der Waals surface area contributed by atoms with Crippen LogP contribution in [0.5, 0.6) is 0 Å². The van der Waals surface area contributed by atoms with Crippen molar-refractivity contribution < 1.29 is 14.3 Å². The Morgan fingerprint density at radius 3 is 2.67 bits per heavy atom. The van der Waals surface area contributed by atoms with E-state index in [4.69, 9.17) is 11.2 Å². The fourth-order valence-corrected chi connectivity index (χ4v) is 3.61. The number of para-hydroxylation sites is 1. The topological polar surface area (TPSA) is 104 Å². The average Bonchev–Trinajstić information content (AvgIpc) is 2.85. The molecular formula is C25H29N5O3. The molecule has 4 N–H and O–H groups in total. The van der Waals surface area contributed by atoms with Crippen molar-refractivity contribution in [3.63, 3.8) is 0 Å². The Hall–Kier alpha value is -3.83. The van der Waals surface area contributed by atoms with Crippen molar-refractivity contribution >= 4 is 34.6 Å². The van der Waals surface area contributed by atoms with E-state index < -0.39 is 0 Å². The predicted octanol–water partition coefficient (Wildman–Crippen LogP) is 2.90. The van der Waals surface area contributed by atoms with Crippen LogP contribution in [0.15, 0.2) is 47.5 Å². The summed E-state index contributed by atoms with van der Waals surface area (Å²) in [6.45, 7) is 0.838. The molecule has 8 heteroatoms. The molecule has 1 fully saturated rings. The number of aliphatic imine (C=N–C) groups is 1. The van der Waals surface area contributed by atoms with E-state index in [0.717, 1.165) is 24.9 Å². The Labute approximate surface area is 194 Å². The highest BCUT2D eigenvalue weighted by molar-refractivity contribution is 6.46. The summed E-state index contributed by atoms with van der Waals surface area (Å²) in [4.78, 5) is 29.1. The molecule has 0 bridgehead atoms. The van der Waals surface area contributed by atoms with Gasteiger partial charge in [0.25, 0.3) is 11.8 Å². The molecule has 2 amide bonds. The Morgan fingerprint density at radius 2 is 1.97 bits per heavy atom. The molecule has 1 aliphatic rings. The molecule has 0 saturated carbocycles. The number of rotatable bonds is 8. The first-order chi connectivity index (χ1) is 16.1. The number of amides is 2. The molecule has 0 radical (unpaired) electrons. The van der Waals surface area contributed by atoms with Gasteiger partial charge in [-0.15, -0.1) is 6.42 Å². The van der Waals surface area contributed by atoms with Gasteiger partial charge in [-0.05, 0) is 49.6 Å². The third kappa shape index (κ3) is 6.11. The zero-order valence-corrected chi connectivity index (χ0v) is 18.9. The Kier molecular flexibility index (Phi) is 8.44. The molecule has 2 aromatic rings. The number of terminal acetylenes is 1. The summed E-state index contributed by atoms with van der Waals surface area (Å²) in [5.74, 6) is 1.86. The molecule has 1 atom stereocenters. The number of hydrogen-bond donors (Lipinski definition) is 4. The number of likely N-dealkylation sites (N-methyl/N-ethyl adjacent to an activating group) is 1. The summed E-state index contributed by atoms with van der Waals surface area (Å²) < 4.78 is 5.84. The van der Waals surface area contributed by atoms with E-state index in [1.807, 2.05) is 30.3 Å². The fraction of sp³-hybridized carbons (Fsp3) is 0.320. The molecule has 3 rings (SSSR count). The SMILES string of the molecule is C#CCNC(=O)c1ccccc1Nc1ccc(C(=NC)C(=O)NC)c(NC2CCCCO2)c1. The largest absolute Gasteiger partial charge is 0.360 e. The van der Waals surface area contributed by atoms with E-state index in [9.17, 15) is 9.59 Å². The van der Waals surface area contributed by atoms with Crippen LogP contribution in [0, 0.1) is 12.3 Å². The zero-order chi connectivity index (χ0) is 23.6. The Balaban J connectivity index is 1.94. The van der Waals surface area contributed by atoms with E-state index in [-0.39, 0.29) is 24.6 Å². The highest BCUT2D eigenvalue weighted by Crippen LogP contribution is 2.28. The standard InChI is InChI=1S/C25H29N5O3/c1-4-14-28-24(31)19-9-5-6-10-20(19)29-17-12-13-18(23(26-2)25(32)27-3)21(16-17)30-22-11-7-8-15-33-22/h1,5-6,9-10,12-13,16,22,29-30H,7-8,11,14-15H2,2-3H3,(H,27,32)(H,28,31). The maximum atomic E-state index is 12.5. The molecule has 0 aliphatic carbocycles. The molecule has 0 spiro atoms. The average molecular weight is 448 g/mol. The molecular weight excluding hydrogens is 418 g/mol. The quantitative estimate of drug-likeness (QED) is 0.368. The number of hydrogen-bond acceptors (Lipinski definition) is 6. The normalized spacial score (nSPS) is 15.8. The second-order valence-corrected chi connectivity index (χ2v) is 7.47. The molecule has 8 nitrogen and oxygen atoms in total. The highest BCUT2D eigenvalue weighted by Gasteiger charge is 2.20. The first kappa shape index (κ1) is 23.8. The van der Waals surface area contributed by atoms with E-state index in [0.29, 0.717) is 34.8 Å². The predicted molar refractivity (Wildman–Crippen MR) is 131 cm³/mol. The van der Waals surface area contributed by atoms with Gasteiger partial charge >= 0.3 is 0 Å². The van der Waals surface area contributed by atoms with Gasteiger partial charge in [-0.3, -0.25) is 14.6 Å². The third-order valence-electron chi connectivity index (χ3n) is 5.24. The molecule has 1 unspecified atom stereocenters. The van der Waals surface area contributed by atoms with Crippen LogP contribution in [0.2, 0.25) is 0 Å². The first-order valence-corrected chi connectivity index (χ1v) is 10.9. The maximum Gasteiger partial charge on any atom is 0.269 e. The molecule has 2 aromatic carbocycles. The molecule has 33 heavy (non-hydrogen) atoms. The number of anilines is 3. The van der Waals surface area contributed by atoms with Gasteiger partial charge in [-0.1, -0.05) is 18.1 Å². The van der Waals surface area contributed by atoms with Gasteiger partial charge in [0.2, 0.25) is 0 Å². The number of benzene rings is 2. The van der Waals surface area contributed by atoms with E-state index in [2.05, 4.69) is 32.2 Å². The Morgan fingerprint density at radius 1 is 1.15 bits per heavy atom. The summed E-state index contributed by atoms with van der Waals surface area (Å²) in [7, 11) is 3.16. The fourth-order valence-electron chi connectivity index (χ4n) is 3.61. The van der Waals surface area contributed by atoms with Gasteiger partial charge in [0.1, 0.15) is 11.9 Å². The monoisotopic (exact) mass is 447 g/mol. The number of carbonyl (C=O) groups excluding carboxylic acids is 2. The van der Waals surface area contributed by atoms with Crippen LogP contribution in [-0.2, 0) is 9.53 Å². The zero-order valence-electron chi connectivity index (χ0n) is 18.9. The van der Waals surface area contributed by atoms with Gasteiger partial charge in [0.05, 0.1) is 17.8 Å². The van der Waals surface area contributed by atoms with Crippen molar-refractivity contribution in [3.05, 3.63) is 53.6 Å². The minimum atomic E-state index is -0.277. The maximum absolute atomic E-state index is 12.5. The van der Waals surface area contributed by atoms with Crippen molar-refractivity contribution in [1.29, 1.82) is 0 Å². The van der Waals surface area contributed by atoms with Gasteiger partial charge in [0, 0.05) is 37.6 Å².